The van der Waals surface area contributed by atoms with Crippen molar-refractivity contribution in [2.75, 3.05) is 33.4 Å². The molecule has 1 aliphatic heterocycles. The summed E-state index contributed by atoms with van der Waals surface area (Å²) in [6, 6.07) is 0. The summed E-state index contributed by atoms with van der Waals surface area (Å²) in [5, 5.41) is 0. The molecule has 3 nitrogen and oxygen atoms in total. The lowest BCUT2D eigenvalue weighted by Crippen LogP contribution is -2.59. The van der Waals surface area contributed by atoms with E-state index in [9.17, 15) is 0 Å². The molecule has 2 aliphatic rings. The molecule has 2 rings (SSSR count). The molecule has 0 spiro atoms. The lowest BCUT2D eigenvalue weighted by molar-refractivity contribution is -0.00999. The Labute approximate surface area is 118 Å². The molecule has 1 saturated carbocycles. The molecule has 0 aromatic heterocycles. The highest BCUT2D eigenvalue weighted by atomic mass is 16.5. The third-order valence-corrected chi connectivity index (χ3v) is 5.73. The molecule has 0 aromatic rings. The van der Waals surface area contributed by atoms with Crippen LogP contribution in [0.4, 0.5) is 0 Å². The second-order valence-corrected chi connectivity index (χ2v) is 7.02. The zero-order chi connectivity index (χ0) is 13.9. The van der Waals surface area contributed by atoms with Crippen LogP contribution in [-0.4, -0.2) is 43.8 Å². The number of nitrogens with zero attached hydrogens (tertiary/aromatic N) is 1. The van der Waals surface area contributed by atoms with Crippen LogP contribution in [0.1, 0.15) is 46.0 Å². The Morgan fingerprint density at radius 2 is 1.89 bits per heavy atom. The Morgan fingerprint density at radius 1 is 1.21 bits per heavy atom. The van der Waals surface area contributed by atoms with Crippen molar-refractivity contribution in [3.63, 3.8) is 0 Å². The normalized spacial score (nSPS) is 37.7. The third-order valence-electron chi connectivity index (χ3n) is 5.73. The summed E-state index contributed by atoms with van der Waals surface area (Å²) in [6.07, 6.45) is 6.37. The number of likely N-dealkylation sites (N-methyl/N-ethyl adjacent to an activating group) is 1. The van der Waals surface area contributed by atoms with Crippen LogP contribution >= 0.6 is 0 Å². The molecule has 0 radical (unpaired) electrons. The first-order valence-corrected chi connectivity index (χ1v) is 8.07. The molecule has 2 fully saturated rings. The van der Waals surface area contributed by atoms with E-state index < -0.39 is 0 Å². The molecule has 112 valence electrons. The van der Waals surface area contributed by atoms with Gasteiger partial charge in [0.05, 0.1) is 0 Å². The van der Waals surface area contributed by atoms with Crippen LogP contribution in [-0.2, 0) is 4.74 Å². The first-order valence-electron chi connectivity index (χ1n) is 8.07. The van der Waals surface area contributed by atoms with Crippen molar-refractivity contribution in [2.45, 2.75) is 51.5 Å². The molecule has 19 heavy (non-hydrogen) atoms. The van der Waals surface area contributed by atoms with Crippen molar-refractivity contribution >= 4 is 0 Å². The molecule has 0 amide bonds. The smallest absolute Gasteiger partial charge is 0.0469 e. The number of ether oxygens (including phenoxy) is 1. The van der Waals surface area contributed by atoms with Gasteiger partial charge in [-0.3, -0.25) is 4.90 Å². The minimum absolute atomic E-state index is 0.241. The van der Waals surface area contributed by atoms with Gasteiger partial charge in [0.1, 0.15) is 0 Å². The number of nitrogens with two attached hydrogens (primary N) is 1. The van der Waals surface area contributed by atoms with Gasteiger partial charge in [-0.1, -0.05) is 13.8 Å². The van der Waals surface area contributed by atoms with Crippen LogP contribution < -0.4 is 5.73 Å². The summed E-state index contributed by atoms with van der Waals surface area (Å²) in [6.45, 7) is 8.68. The molecule has 2 N–H and O–H groups in total. The predicted octanol–water partition coefficient (Wildman–Crippen LogP) is 2.50. The average molecular weight is 268 g/mol. The predicted molar refractivity (Wildman–Crippen MR) is 80.1 cm³/mol. The van der Waals surface area contributed by atoms with Crippen LogP contribution in [0, 0.1) is 17.8 Å². The second-order valence-electron chi connectivity index (χ2n) is 7.02. The highest BCUT2D eigenvalue weighted by Crippen LogP contribution is 2.40. The van der Waals surface area contributed by atoms with Crippen LogP contribution in [0.5, 0.6) is 0 Å². The first-order chi connectivity index (χ1) is 9.08. The van der Waals surface area contributed by atoms with E-state index in [1.807, 2.05) is 0 Å². The van der Waals surface area contributed by atoms with Crippen LogP contribution in [0.25, 0.3) is 0 Å². The van der Waals surface area contributed by atoms with Gasteiger partial charge >= 0.3 is 0 Å². The Morgan fingerprint density at radius 3 is 2.47 bits per heavy atom. The summed E-state index contributed by atoms with van der Waals surface area (Å²) >= 11 is 0. The van der Waals surface area contributed by atoms with Crippen molar-refractivity contribution in [3.8, 4) is 0 Å². The quantitative estimate of drug-likeness (QED) is 0.851. The molecule has 0 aromatic carbocycles. The van der Waals surface area contributed by atoms with E-state index in [4.69, 9.17) is 10.5 Å². The van der Waals surface area contributed by atoms with Gasteiger partial charge in [-0.05, 0) is 56.9 Å². The molecule has 3 atom stereocenters. The lowest BCUT2D eigenvalue weighted by Gasteiger charge is -2.51. The molecule has 3 unspecified atom stereocenters. The molecule has 1 heterocycles. The molecular weight excluding hydrogens is 236 g/mol. The Kier molecular flexibility index (Phi) is 5.27. The van der Waals surface area contributed by atoms with E-state index in [0.717, 1.165) is 31.6 Å². The number of rotatable bonds is 4. The maximum atomic E-state index is 6.21. The monoisotopic (exact) mass is 268 g/mol. The minimum Gasteiger partial charge on any atom is -0.381 e. The van der Waals surface area contributed by atoms with Gasteiger partial charge in [0.2, 0.25) is 0 Å². The molecular formula is C16H32N2O. The summed E-state index contributed by atoms with van der Waals surface area (Å²) in [4.78, 5) is 2.60. The highest BCUT2D eigenvalue weighted by Gasteiger charge is 2.42. The second kappa shape index (κ2) is 6.55. The fraction of sp³-hybridized carbons (Fsp3) is 1.00. The Bertz CT molecular complexity index is 278. The van der Waals surface area contributed by atoms with Crippen LogP contribution in [0.2, 0.25) is 0 Å². The minimum atomic E-state index is 0.241. The van der Waals surface area contributed by atoms with E-state index in [2.05, 4.69) is 25.8 Å². The van der Waals surface area contributed by atoms with Gasteiger partial charge in [-0.25, -0.2) is 0 Å². The SMILES string of the molecule is CC1CCC(CN)(N(C)CC2CCOCC2)C(C)C1. The molecule has 0 bridgehead atoms. The zero-order valence-corrected chi connectivity index (χ0v) is 13.0. The fourth-order valence-electron chi connectivity index (χ4n) is 4.21. The van der Waals surface area contributed by atoms with Gasteiger partial charge in [0, 0.05) is 31.8 Å². The topological polar surface area (TPSA) is 38.5 Å². The van der Waals surface area contributed by atoms with E-state index in [1.165, 1.54) is 38.6 Å². The van der Waals surface area contributed by atoms with Crippen molar-refractivity contribution in [1.29, 1.82) is 0 Å². The summed E-state index contributed by atoms with van der Waals surface area (Å²) in [5.74, 6) is 2.38. The average Bonchev–Trinajstić information content (AvgIpc) is 2.40. The highest BCUT2D eigenvalue weighted by molar-refractivity contribution is 4.99. The Balaban J connectivity index is 1.98. The largest absolute Gasteiger partial charge is 0.381 e. The lowest BCUT2D eigenvalue weighted by atomic mass is 9.69. The standard InChI is InChI=1S/C16H32N2O/c1-13-4-7-16(12-17,14(2)10-13)18(3)11-15-5-8-19-9-6-15/h13-15H,4-12,17H2,1-3H3. The van der Waals surface area contributed by atoms with Crippen molar-refractivity contribution < 1.29 is 4.74 Å². The maximum Gasteiger partial charge on any atom is 0.0469 e. The molecule has 1 aliphatic carbocycles. The summed E-state index contributed by atoms with van der Waals surface area (Å²) in [5.41, 5.74) is 6.45. The van der Waals surface area contributed by atoms with Gasteiger partial charge in [0.15, 0.2) is 0 Å². The number of hydrogen-bond donors (Lipinski definition) is 1. The first kappa shape index (κ1) is 15.3. The summed E-state index contributed by atoms with van der Waals surface area (Å²) < 4.78 is 5.47. The van der Waals surface area contributed by atoms with E-state index in [0.29, 0.717) is 5.92 Å². The number of hydrogen-bond acceptors (Lipinski definition) is 3. The maximum absolute atomic E-state index is 6.21. The van der Waals surface area contributed by atoms with Crippen molar-refractivity contribution in [3.05, 3.63) is 0 Å². The molecule has 1 saturated heterocycles. The van der Waals surface area contributed by atoms with Gasteiger partial charge < -0.3 is 10.5 Å². The van der Waals surface area contributed by atoms with Gasteiger partial charge in [-0.2, -0.15) is 0 Å². The van der Waals surface area contributed by atoms with Crippen molar-refractivity contribution in [1.82, 2.24) is 4.90 Å². The van der Waals surface area contributed by atoms with Gasteiger partial charge in [-0.15, -0.1) is 0 Å². The van der Waals surface area contributed by atoms with E-state index in [-0.39, 0.29) is 5.54 Å². The third kappa shape index (κ3) is 3.32. The van der Waals surface area contributed by atoms with Crippen molar-refractivity contribution in [2.24, 2.45) is 23.5 Å². The molecule has 3 heteroatoms. The Hall–Kier alpha value is -0.120. The van der Waals surface area contributed by atoms with E-state index in [1.54, 1.807) is 0 Å². The fourth-order valence-corrected chi connectivity index (χ4v) is 4.21. The summed E-state index contributed by atoms with van der Waals surface area (Å²) in [7, 11) is 2.30. The van der Waals surface area contributed by atoms with Crippen LogP contribution in [0.3, 0.4) is 0 Å². The van der Waals surface area contributed by atoms with E-state index >= 15 is 0 Å². The zero-order valence-electron chi connectivity index (χ0n) is 13.0. The van der Waals surface area contributed by atoms with Crippen LogP contribution in [0.15, 0.2) is 0 Å². The van der Waals surface area contributed by atoms with Gasteiger partial charge in [0.25, 0.3) is 0 Å².